The van der Waals surface area contributed by atoms with Crippen molar-refractivity contribution in [2.24, 2.45) is 4.40 Å². The molecular weight excluding hydrogens is 325 g/mol. The highest BCUT2D eigenvalue weighted by Crippen LogP contribution is 2.19. The third-order valence-corrected chi connectivity index (χ3v) is 4.10. The van der Waals surface area contributed by atoms with E-state index in [2.05, 4.69) is 15.0 Å². The molecule has 0 unspecified atom stereocenters. The van der Waals surface area contributed by atoms with Crippen LogP contribution in [0.2, 0.25) is 0 Å². The molecule has 2 rings (SSSR count). The Morgan fingerprint density at radius 3 is 2.30 bits per heavy atom. The van der Waals surface area contributed by atoms with Crippen LogP contribution < -0.4 is 10.6 Å². The van der Waals surface area contributed by atoms with Crippen molar-refractivity contribution in [1.82, 2.24) is 10.6 Å². The van der Waals surface area contributed by atoms with E-state index >= 15 is 0 Å². The molecule has 0 saturated carbocycles. The zero-order valence-electron chi connectivity index (χ0n) is 10.1. The van der Waals surface area contributed by atoms with Gasteiger partial charge in [0.05, 0.1) is 4.90 Å². The van der Waals surface area contributed by atoms with Crippen molar-refractivity contribution < 1.29 is 13.2 Å². The lowest BCUT2D eigenvalue weighted by Crippen LogP contribution is -2.23. The molecule has 6 nitrogen and oxygen atoms in total. The number of nitrogens with one attached hydrogen (secondary N) is 2. The number of amides is 2. The van der Waals surface area contributed by atoms with Crippen LogP contribution >= 0.6 is 23.2 Å². The minimum atomic E-state index is -3.97. The topological polar surface area (TPSA) is 87.6 Å². The smallest absolute Gasteiger partial charge is 0.302 e. The Labute approximate surface area is 125 Å². The van der Waals surface area contributed by atoms with Crippen LogP contribution in [0.5, 0.6) is 0 Å². The first-order valence-corrected chi connectivity index (χ1v) is 7.54. The minimum Gasteiger partial charge on any atom is -0.302 e. The molecule has 0 aromatic heterocycles. The SMILES string of the molecule is Cc1ccc(S(=O)(=O)N=C2NC(=O)NC2=C(Cl)Cl)cc1. The van der Waals surface area contributed by atoms with Crippen LogP contribution in [0.25, 0.3) is 0 Å². The van der Waals surface area contributed by atoms with Crippen molar-refractivity contribution in [2.75, 3.05) is 0 Å². The second-order valence-electron chi connectivity index (χ2n) is 3.94. The molecule has 1 aromatic carbocycles. The fraction of sp³-hybridized carbons (Fsp3) is 0.0909. The summed E-state index contributed by atoms with van der Waals surface area (Å²) in [6, 6.07) is 5.47. The number of rotatable bonds is 2. The van der Waals surface area contributed by atoms with Gasteiger partial charge in [-0.1, -0.05) is 40.9 Å². The summed E-state index contributed by atoms with van der Waals surface area (Å²) in [5.74, 6) is -0.240. The second-order valence-corrected chi connectivity index (χ2v) is 6.50. The number of sulfonamides is 1. The molecule has 0 aliphatic carbocycles. The normalized spacial score (nSPS) is 17.1. The highest BCUT2D eigenvalue weighted by Gasteiger charge is 2.27. The maximum Gasteiger partial charge on any atom is 0.325 e. The van der Waals surface area contributed by atoms with E-state index in [1.165, 1.54) is 12.1 Å². The van der Waals surface area contributed by atoms with Gasteiger partial charge in [0.15, 0.2) is 5.84 Å². The number of halogens is 2. The van der Waals surface area contributed by atoms with Crippen LogP contribution in [-0.2, 0) is 10.0 Å². The lowest BCUT2D eigenvalue weighted by atomic mass is 10.2. The zero-order chi connectivity index (χ0) is 14.9. The van der Waals surface area contributed by atoms with Crippen LogP contribution in [0.15, 0.2) is 43.7 Å². The number of nitrogens with zero attached hydrogens (tertiary/aromatic N) is 1. The fourth-order valence-corrected chi connectivity index (χ4v) is 2.70. The number of amidine groups is 1. The maximum atomic E-state index is 12.1. The van der Waals surface area contributed by atoms with Gasteiger partial charge in [-0.05, 0) is 19.1 Å². The molecule has 9 heteroatoms. The van der Waals surface area contributed by atoms with Gasteiger partial charge in [-0.2, -0.15) is 8.42 Å². The van der Waals surface area contributed by atoms with Crippen LogP contribution in [0.4, 0.5) is 4.79 Å². The van der Waals surface area contributed by atoms with Crippen LogP contribution in [0, 0.1) is 6.92 Å². The molecule has 1 aromatic rings. The Balaban J connectivity index is 2.46. The first kappa shape index (κ1) is 14.8. The lowest BCUT2D eigenvalue weighted by molar-refractivity contribution is 0.250. The molecule has 1 aliphatic rings. The Morgan fingerprint density at radius 2 is 1.75 bits per heavy atom. The third-order valence-electron chi connectivity index (χ3n) is 2.43. The van der Waals surface area contributed by atoms with E-state index in [0.29, 0.717) is 0 Å². The van der Waals surface area contributed by atoms with E-state index < -0.39 is 16.1 Å². The molecule has 106 valence electrons. The van der Waals surface area contributed by atoms with Gasteiger partial charge < -0.3 is 5.32 Å². The summed E-state index contributed by atoms with van der Waals surface area (Å²) >= 11 is 11.1. The van der Waals surface area contributed by atoms with Gasteiger partial charge in [0.1, 0.15) is 10.2 Å². The van der Waals surface area contributed by atoms with Crippen LogP contribution in [0.3, 0.4) is 0 Å². The summed E-state index contributed by atoms with van der Waals surface area (Å²) in [5.41, 5.74) is 0.839. The average Bonchev–Trinajstić information content (AvgIpc) is 2.70. The van der Waals surface area contributed by atoms with Gasteiger partial charge >= 0.3 is 6.03 Å². The van der Waals surface area contributed by atoms with Gasteiger partial charge in [-0.25, -0.2) is 4.79 Å². The summed E-state index contributed by atoms with van der Waals surface area (Å²) in [4.78, 5) is 11.2. The number of aryl methyl sites for hydroxylation is 1. The molecule has 1 saturated heterocycles. The highest BCUT2D eigenvalue weighted by molar-refractivity contribution is 7.90. The maximum absolute atomic E-state index is 12.1. The largest absolute Gasteiger partial charge is 0.325 e. The zero-order valence-corrected chi connectivity index (χ0v) is 12.5. The van der Waals surface area contributed by atoms with Crippen molar-refractivity contribution in [3.05, 3.63) is 40.0 Å². The molecule has 1 fully saturated rings. The van der Waals surface area contributed by atoms with Gasteiger partial charge in [0, 0.05) is 0 Å². The minimum absolute atomic E-state index is 0.00166. The first-order valence-electron chi connectivity index (χ1n) is 5.35. The van der Waals surface area contributed by atoms with Gasteiger partial charge in [0.25, 0.3) is 10.0 Å². The summed E-state index contributed by atoms with van der Waals surface area (Å²) in [7, 11) is -3.97. The van der Waals surface area contributed by atoms with Gasteiger partial charge in [-0.15, -0.1) is 4.40 Å². The second kappa shape index (κ2) is 5.43. The highest BCUT2D eigenvalue weighted by atomic mass is 35.5. The molecule has 0 spiro atoms. The number of carbonyl (C=O) groups is 1. The predicted molar refractivity (Wildman–Crippen MR) is 76.2 cm³/mol. The van der Waals surface area contributed by atoms with Crippen LogP contribution in [0.1, 0.15) is 5.56 Å². The monoisotopic (exact) mass is 333 g/mol. The molecule has 2 amide bonds. The standard InChI is InChI=1S/C11H9Cl2N3O3S/c1-6-2-4-7(5-3-6)20(18,19)16-10-8(9(12)13)14-11(17)15-10/h2-5H,1H3,(H2,14,15,16,17). The Bertz CT molecular complexity index is 720. The molecule has 1 aliphatic heterocycles. The molecule has 1 heterocycles. The number of urea groups is 1. The summed E-state index contributed by atoms with van der Waals surface area (Å²) in [6.07, 6.45) is 0. The molecule has 0 radical (unpaired) electrons. The molecule has 2 N–H and O–H groups in total. The van der Waals surface area contributed by atoms with E-state index in [1.54, 1.807) is 12.1 Å². The van der Waals surface area contributed by atoms with Crippen molar-refractivity contribution in [3.8, 4) is 0 Å². The van der Waals surface area contributed by atoms with Crippen molar-refractivity contribution in [1.29, 1.82) is 0 Å². The summed E-state index contributed by atoms with van der Waals surface area (Å²) in [5, 5.41) is 4.47. The van der Waals surface area contributed by atoms with Crippen molar-refractivity contribution in [3.63, 3.8) is 0 Å². The van der Waals surface area contributed by atoms with E-state index in [-0.39, 0.29) is 20.9 Å². The molecular formula is C11H9Cl2N3O3S. The van der Waals surface area contributed by atoms with E-state index in [1.807, 2.05) is 6.92 Å². The number of hydrogen-bond acceptors (Lipinski definition) is 3. The van der Waals surface area contributed by atoms with E-state index in [9.17, 15) is 13.2 Å². The Kier molecular flexibility index (Phi) is 4.03. The molecule has 20 heavy (non-hydrogen) atoms. The molecule has 0 atom stereocenters. The summed E-state index contributed by atoms with van der Waals surface area (Å²) in [6.45, 7) is 1.83. The predicted octanol–water partition coefficient (Wildman–Crippen LogP) is 2.04. The van der Waals surface area contributed by atoms with E-state index in [0.717, 1.165) is 5.56 Å². The molecule has 0 bridgehead atoms. The Morgan fingerprint density at radius 1 is 1.15 bits per heavy atom. The first-order chi connectivity index (χ1) is 9.29. The number of benzene rings is 1. The number of hydrogen-bond donors (Lipinski definition) is 2. The lowest BCUT2D eigenvalue weighted by Gasteiger charge is -2.02. The Hall–Kier alpha value is -1.57. The van der Waals surface area contributed by atoms with E-state index in [4.69, 9.17) is 23.2 Å². The van der Waals surface area contributed by atoms with Crippen molar-refractivity contribution in [2.45, 2.75) is 11.8 Å². The van der Waals surface area contributed by atoms with Crippen molar-refractivity contribution >= 4 is 45.1 Å². The third kappa shape index (κ3) is 3.12. The fourth-order valence-electron chi connectivity index (χ4n) is 1.46. The quantitative estimate of drug-likeness (QED) is 0.868. The number of carbonyl (C=O) groups excluding carboxylic acids is 1. The van der Waals surface area contributed by atoms with Gasteiger partial charge in [0.2, 0.25) is 0 Å². The average molecular weight is 334 g/mol. The van der Waals surface area contributed by atoms with Crippen LogP contribution in [-0.4, -0.2) is 20.3 Å². The van der Waals surface area contributed by atoms with Gasteiger partial charge in [-0.3, -0.25) is 5.32 Å². The summed E-state index contributed by atoms with van der Waals surface area (Å²) < 4.78 is 27.4.